The van der Waals surface area contributed by atoms with E-state index in [-0.39, 0.29) is 11.3 Å². The SMILES string of the molecule is Cc1c(CC(=O)Nc2ccc(C(C)(C)C)cc2)c2ccccc2n1C. The van der Waals surface area contributed by atoms with E-state index in [1.165, 1.54) is 5.56 Å². The number of aromatic nitrogens is 1. The summed E-state index contributed by atoms with van der Waals surface area (Å²) in [7, 11) is 2.05. The summed E-state index contributed by atoms with van der Waals surface area (Å²) in [5, 5.41) is 4.18. The van der Waals surface area contributed by atoms with E-state index in [4.69, 9.17) is 0 Å². The fourth-order valence-corrected chi connectivity index (χ4v) is 3.24. The van der Waals surface area contributed by atoms with Crippen molar-refractivity contribution in [3.8, 4) is 0 Å². The molecule has 0 saturated heterocycles. The van der Waals surface area contributed by atoms with Crippen molar-refractivity contribution in [2.45, 2.75) is 39.5 Å². The minimum Gasteiger partial charge on any atom is -0.348 e. The number of fused-ring (bicyclic) bond motifs is 1. The minimum absolute atomic E-state index is 0.0166. The van der Waals surface area contributed by atoms with Crippen LogP contribution in [0.15, 0.2) is 48.5 Å². The summed E-state index contributed by atoms with van der Waals surface area (Å²) in [4.78, 5) is 12.5. The highest BCUT2D eigenvalue weighted by Gasteiger charge is 2.16. The number of para-hydroxylation sites is 1. The van der Waals surface area contributed by atoms with Crippen molar-refractivity contribution in [3.63, 3.8) is 0 Å². The molecular formula is C22H26N2O. The lowest BCUT2D eigenvalue weighted by atomic mass is 9.87. The van der Waals surface area contributed by atoms with E-state index >= 15 is 0 Å². The average Bonchev–Trinajstić information content (AvgIpc) is 2.80. The first-order valence-electron chi connectivity index (χ1n) is 8.70. The first kappa shape index (κ1) is 17.3. The van der Waals surface area contributed by atoms with Gasteiger partial charge in [-0.3, -0.25) is 4.79 Å². The molecule has 0 radical (unpaired) electrons. The quantitative estimate of drug-likeness (QED) is 0.721. The Hall–Kier alpha value is -2.55. The van der Waals surface area contributed by atoms with Gasteiger partial charge in [0.15, 0.2) is 0 Å². The maximum atomic E-state index is 12.5. The van der Waals surface area contributed by atoms with Crippen LogP contribution in [0.5, 0.6) is 0 Å². The van der Waals surface area contributed by atoms with Gasteiger partial charge in [-0.25, -0.2) is 0 Å². The van der Waals surface area contributed by atoms with Crippen molar-refractivity contribution >= 4 is 22.5 Å². The Kier molecular flexibility index (Phi) is 4.42. The van der Waals surface area contributed by atoms with Crippen molar-refractivity contribution in [2.24, 2.45) is 7.05 Å². The summed E-state index contributed by atoms with van der Waals surface area (Å²) in [5.74, 6) is 0.0166. The molecule has 0 aliphatic rings. The lowest BCUT2D eigenvalue weighted by molar-refractivity contribution is -0.115. The van der Waals surface area contributed by atoms with Crippen molar-refractivity contribution in [2.75, 3.05) is 5.32 Å². The van der Waals surface area contributed by atoms with Crippen LogP contribution in [0.25, 0.3) is 10.9 Å². The predicted molar refractivity (Wildman–Crippen MR) is 105 cm³/mol. The zero-order valence-corrected chi connectivity index (χ0v) is 15.7. The van der Waals surface area contributed by atoms with E-state index in [1.807, 2.05) is 31.3 Å². The van der Waals surface area contributed by atoms with Crippen LogP contribution in [-0.2, 0) is 23.7 Å². The second kappa shape index (κ2) is 6.40. The third kappa shape index (κ3) is 3.46. The molecule has 1 N–H and O–H groups in total. The van der Waals surface area contributed by atoms with Crippen LogP contribution in [0.2, 0.25) is 0 Å². The molecule has 0 fully saturated rings. The van der Waals surface area contributed by atoms with Crippen LogP contribution < -0.4 is 5.32 Å². The summed E-state index contributed by atoms with van der Waals surface area (Å²) >= 11 is 0. The van der Waals surface area contributed by atoms with E-state index in [0.29, 0.717) is 6.42 Å². The molecule has 0 aliphatic heterocycles. The van der Waals surface area contributed by atoms with E-state index in [9.17, 15) is 4.79 Å². The van der Waals surface area contributed by atoms with Gasteiger partial charge in [-0.1, -0.05) is 51.1 Å². The van der Waals surface area contributed by atoms with Crippen LogP contribution in [0, 0.1) is 6.92 Å². The monoisotopic (exact) mass is 334 g/mol. The standard InChI is InChI=1S/C22H26N2O/c1-15-19(18-8-6-7-9-20(18)24(15)5)14-21(25)23-17-12-10-16(11-13-17)22(2,3)4/h6-13H,14H2,1-5H3,(H,23,25). The Morgan fingerprint density at radius 3 is 2.32 bits per heavy atom. The highest BCUT2D eigenvalue weighted by Crippen LogP contribution is 2.26. The van der Waals surface area contributed by atoms with Crippen molar-refractivity contribution in [1.29, 1.82) is 0 Å². The molecule has 1 heterocycles. The number of carbonyl (C=O) groups excluding carboxylic acids is 1. The third-order valence-electron chi connectivity index (χ3n) is 4.90. The molecule has 2 aromatic carbocycles. The zero-order chi connectivity index (χ0) is 18.2. The number of rotatable bonds is 3. The molecule has 1 aromatic heterocycles. The number of hydrogen-bond donors (Lipinski definition) is 1. The Balaban J connectivity index is 1.79. The smallest absolute Gasteiger partial charge is 0.228 e. The average molecular weight is 334 g/mol. The number of anilines is 1. The molecule has 3 rings (SSSR count). The molecule has 0 unspecified atom stereocenters. The van der Waals surface area contributed by atoms with Gasteiger partial charge in [-0.15, -0.1) is 0 Å². The maximum Gasteiger partial charge on any atom is 0.228 e. The Bertz CT molecular complexity index is 912. The van der Waals surface area contributed by atoms with Crippen LogP contribution in [0.1, 0.15) is 37.6 Å². The number of nitrogens with one attached hydrogen (secondary N) is 1. The van der Waals surface area contributed by atoms with E-state index in [2.05, 4.69) is 61.8 Å². The number of hydrogen-bond acceptors (Lipinski definition) is 1. The molecule has 3 heteroatoms. The highest BCUT2D eigenvalue weighted by molar-refractivity contribution is 5.96. The minimum atomic E-state index is 0.0166. The van der Waals surface area contributed by atoms with Crippen LogP contribution >= 0.6 is 0 Å². The van der Waals surface area contributed by atoms with Crippen LogP contribution in [-0.4, -0.2) is 10.5 Å². The maximum absolute atomic E-state index is 12.5. The predicted octanol–water partition coefficient (Wildman–Crippen LogP) is 4.97. The zero-order valence-electron chi connectivity index (χ0n) is 15.7. The number of nitrogens with zero attached hydrogens (tertiary/aromatic N) is 1. The summed E-state index contributed by atoms with van der Waals surface area (Å²) in [6.07, 6.45) is 0.383. The second-order valence-electron chi connectivity index (χ2n) is 7.69. The van der Waals surface area contributed by atoms with Gasteiger partial charge in [0.2, 0.25) is 5.91 Å². The van der Waals surface area contributed by atoms with Gasteiger partial charge < -0.3 is 9.88 Å². The van der Waals surface area contributed by atoms with E-state index in [0.717, 1.165) is 27.8 Å². The summed E-state index contributed by atoms with van der Waals surface area (Å²) in [5.41, 5.74) is 5.62. The summed E-state index contributed by atoms with van der Waals surface area (Å²) in [6, 6.07) is 16.4. The van der Waals surface area contributed by atoms with Crippen molar-refractivity contribution in [1.82, 2.24) is 4.57 Å². The van der Waals surface area contributed by atoms with Gasteiger partial charge in [0.1, 0.15) is 0 Å². The van der Waals surface area contributed by atoms with Crippen molar-refractivity contribution in [3.05, 3.63) is 65.4 Å². The molecule has 3 nitrogen and oxygen atoms in total. The number of carbonyl (C=O) groups is 1. The molecule has 0 bridgehead atoms. The van der Waals surface area contributed by atoms with Gasteiger partial charge in [0, 0.05) is 29.3 Å². The Morgan fingerprint density at radius 1 is 1.04 bits per heavy atom. The first-order chi connectivity index (χ1) is 11.8. The fourth-order valence-electron chi connectivity index (χ4n) is 3.24. The van der Waals surface area contributed by atoms with Gasteiger partial charge in [0.05, 0.1) is 6.42 Å². The van der Waals surface area contributed by atoms with Gasteiger partial charge in [-0.05, 0) is 41.7 Å². The normalized spacial score (nSPS) is 11.7. The summed E-state index contributed by atoms with van der Waals surface area (Å²) < 4.78 is 2.15. The molecular weight excluding hydrogens is 308 g/mol. The highest BCUT2D eigenvalue weighted by atomic mass is 16.1. The van der Waals surface area contributed by atoms with Crippen LogP contribution in [0.3, 0.4) is 0 Å². The number of amides is 1. The molecule has 0 aliphatic carbocycles. The number of benzene rings is 2. The van der Waals surface area contributed by atoms with Crippen LogP contribution in [0.4, 0.5) is 5.69 Å². The molecule has 25 heavy (non-hydrogen) atoms. The molecule has 3 aromatic rings. The Labute approximate surface area is 149 Å². The molecule has 0 atom stereocenters. The largest absolute Gasteiger partial charge is 0.348 e. The lowest BCUT2D eigenvalue weighted by Gasteiger charge is -2.19. The van der Waals surface area contributed by atoms with Gasteiger partial charge >= 0.3 is 0 Å². The molecule has 130 valence electrons. The van der Waals surface area contributed by atoms with E-state index in [1.54, 1.807) is 0 Å². The number of aryl methyl sites for hydroxylation is 1. The van der Waals surface area contributed by atoms with E-state index < -0.39 is 0 Å². The Morgan fingerprint density at radius 2 is 1.68 bits per heavy atom. The van der Waals surface area contributed by atoms with Gasteiger partial charge in [-0.2, -0.15) is 0 Å². The first-order valence-corrected chi connectivity index (χ1v) is 8.70. The molecule has 1 amide bonds. The third-order valence-corrected chi connectivity index (χ3v) is 4.90. The topological polar surface area (TPSA) is 34.0 Å². The molecule has 0 saturated carbocycles. The molecule has 0 spiro atoms. The van der Waals surface area contributed by atoms with Crippen molar-refractivity contribution < 1.29 is 4.79 Å². The second-order valence-corrected chi connectivity index (χ2v) is 7.69. The summed E-state index contributed by atoms with van der Waals surface area (Å²) in [6.45, 7) is 8.62. The fraction of sp³-hybridized carbons (Fsp3) is 0.318. The lowest BCUT2D eigenvalue weighted by Crippen LogP contribution is -2.15. The van der Waals surface area contributed by atoms with Gasteiger partial charge in [0.25, 0.3) is 0 Å².